The number of carbonyl (C=O) groups is 1. The van der Waals surface area contributed by atoms with E-state index in [1.54, 1.807) is 0 Å². The van der Waals surface area contributed by atoms with E-state index in [9.17, 15) is 4.79 Å². The molecular formula is C11H21NO2. The first-order valence-corrected chi connectivity index (χ1v) is 5.67. The number of hydrogen-bond acceptors (Lipinski definition) is 2. The lowest BCUT2D eigenvalue weighted by atomic mass is 9.98. The fourth-order valence-corrected chi connectivity index (χ4v) is 1.52. The molecule has 3 nitrogen and oxygen atoms in total. The van der Waals surface area contributed by atoms with Gasteiger partial charge in [-0.1, -0.05) is 26.7 Å². The van der Waals surface area contributed by atoms with Crippen LogP contribution in [-0.2, 0) is 9.53 Å². The van der Waals surface area contributed by atoms with E-state index in [2.05, 4.69) is 19.2 Å². The van der Waals surface area contributed by atoms with Gasteiger partial charge in [0.15, 0.2) is 0 Å². The van der Waals surface area contributed by atoms with Gasteiger partial charge in [0.1, 0.15) is 0 Å². The number of ether oxygens (including phenoxy) is 1. The molecule has 2 atom stereocenters. The van der Waals surface area contributed by atoms with E-state index in [4.69, 9.17) is 4.74 Å². The molecule has 3 heteroatoms. The molecule has 0 spiro atoms. The van der Waals surface area contributed by atoms with Crippen LogP contribution in [0.15, 0.2) is 0 Å². The van der Waals surface area contributed by atoms with Crippen molar-refractivity contribution in [2.24, 2.45) is 5.92 Å². The molecule has 1 N–H and O–H groups in total. The van der Waals surface area contributed by atoms with Crippen molar-refractivity contribution in [2.75, 3.05) is 13.2 Å². The van der Waals surface area contributed by atoms with Crippen LogP contribution >= 0.6 is 0 Å². The molecular weight excluding hydrogens is 178 g/mol. The zero-order valence-corrected chi connectivity index (χ0v) is 9.21. The Labute approximate surface area is 86.2 Å². The van der Waals surface area contributed by atoms with Gasteiger partial charge in [-0.05, 0) is 12.8 Å². The number of unbranched alkanes of at least 4 members (excludes halogenated alkanes) is 1. The molecule has 0 aromatic heterocycles. The molecule has 1 amide bonds. The number of amides is 1. The summed E-state index contributed by atoms with van der Waals surface area (Å²) in [7, 11) is 0. The van der Waals surface area contributed by atoms with E-state index in [0.29, 0.717) is 12.6 Å². The fourth-order valence-electron chi connectivity index (χ4n) is 1.52. The molecule has 0 aromatic rings. The van der Waals surface area contributed by atoms with Crippen LogP contribution in [0.3, 0.4) is 0 Å². The minimum absolute atomic E-state index is 0.202. The van der Waals surface area contributed by atoms with Crippen molar-refractivity contribution in [1.82, 2.24) is 5.32 Å². The van der Waals surface area contributed by atoms with Crippen LogP contribution in [0, 0.1) is 5.92 Å². The molecule has 0 unspecified atom stereocenters. The van der Waals surface area contributed by atoms with E-state index in [-0.39, 0.29) is 11.8 Å². The summed E-state index contributed by atoms with van der Waals surface area (Å²) in [6.07, 6.45) is 4.56. The first-order valence-electron chi connectivity index (χ1n) is 5.67. The van der Waals surface area contributed by atoms with E-state index >= 15 is 0 Å². The monoisotopic (exact) mass is 199 g/mol. The van der Waals surface area contributed by atoms with Gasteiger partial charge in [0.2, 0.25) is 5.91 Å². The molecule has 0 saturated carbocycles. The molecule has 1 fully saturated rings. The average molecular weight is 199 g/mol. The Morgan fingerprint density at radius 1 is 1.57 bits per heavy atom. The predicted molar refractivity (Wildman–Crippen MR) is 56.1 cm³/mol. The van der Waals surface area contributed by atoms with Crippen LogP contribution in [0.2, 0.25) is 0 Å². The summed E-state index contributed by atoms with van der Waals surface area (Å²) in [6, 6.07) is 0. The minimum atomic E-state index is 0.202. The largest absolute Gasteiger partial charge is 0.371 e. The smallest absolute Gasteiger partial charge is 0.223 e. The molecule has 1 aliphatic heterocycles. The summed E-state index contributed by atoms with van der Waals surface area (Å²) < 4.78 is 5.04. The van der Waals surface area contributed by atoms with Crippen LogP contribution in [0.25, 0.3) is 0 Å². The number of epoxide rings is 1. The quantitative estimate of drug-likeness (QED) is 0.634. The third kappa shape index (κ3) is 4.09. The number of nitrogens with one attached hydrogen (secondary N) is 1. The molecule has 0 aromatic carbocycles. The summed E-state index contributed by atoms with van der Waals surface area (Å²) in [5.74, 6) is 0.408. The van der Waals surface area contributed by atoms with Crippen molar-refractivity contribution in [3.63, 3.8) is 0 Å². The Morgan fingerprint density at radius 3 is 2.79 bits per heavy atom. The van der Waals surface area contributed by atoms with Crippen LogP contribution in [0.1, 0.15) is 39.5 Å². The van der Waals surface area contributed by atoms with Gasteiger partial charge in [0, 0.05) is 12.5 Å². The summed E-state index contributed by atoms with van der Waals surface area (Å²) in [6.45, 7) is 5.74. The zero-order valence-electron chi connectivity index (χ0n) is 9.21. The lowest BCUT2D eigenvalue weighted by molar-refractivity contribution is -0.125. The van der Waals surface area contributed by atoms with Gasteiger partial charge in [-0.15, -0.1) is 0 Å². The molecule has 82 valence electrons. The Kier molecular flexibility index (Phi) is 4.94. The Bertz CT molecular complexity index is 178. The normalized spacial score (nSPS) is 21.7. The molecule has 0 bridgehead atoms. The Balaban J connectivity index is 2.15. The Morgan fingerprint density at radius 2 is 2.29 bits per heavy atom. The second kappa shape index (κ2) is 6.02. The van der Waals surface area contributed by atoms with Gasteiger partial charge in [-0.3, -0.25) is 4.79 Å². The molecule has 0 aliphatic carbocycles. The standard InChI is InChI=1S/C11H21NO2/c1-3-5-6-9(4-2)11(13)12-7-10-8-14-10/h9-10H,3-8H2,1-2H3,(H,12,13)/t9-,10-/m0/s1. The van der Waals surface area contributed by atoms with Gasteiger partial charge in [-0.2, -0.15) is 0 Å². The van der Waals surface area contributed by atoms with E-state index in [1.807, 2.05) is 0 Å². The second-order valence-electron chi connectivity index (χ2n) is 3.95. The minimum Gasteiger partial charge on any atom is -0.371 e. The number of hydrogen-bond donors (Lipinski definition) is 1. The summed E-state index contributed by atoms with van der Waals surface area (Å²) in [4.78, 5) is 11.6. The number of rotatable bonds is 7. The van der Waals surface area contributed by atoms with Gasteiger partial charge in [0.25, 0.3) is 0 Å². The summed E-state index contributed by atoms with van der Waals surface area (Å²) >= 11 is 0. The van der Waals surface area contributed by atoms with Gasteiger partial charge in [0.05, 0.1) is 12.7 Å². The van der Waals surface area contributed by atoms with Crippen LogP contribution in [0.5, 0.6) is 0 Å². The first kappa shape index (κ1) is 11.5. The van der Waals surface area contributed by atoms with Crippen LogP contribution in [-0.4, -0.2) is 25.2 Å². The van der Waals surface area contributed by atoms with Crippen molar-refractivity contribution in [3.8, 4) is 0 Å². The zero-order chi connectivity index (χ0) is 10.4. The van der Waals surface area contributed by atoms with Crippen molar-refractivity contribution >= 4 is 5.91 Å². The van der Waals surface area contributed by atoms with E-state index in [0.717, 1.165) is 32.3 Å². The third-order valence-corrected chi connectivity index (χ3v) is 2.68. The maximum absolute atomic E-state index is 11.6. The Hall–Kier alpha value is -0.570. The second-order valence-corrected chi connectivity index (χ2v) is 3.95. The van der Waals surface area contributed by atoms with Crippen LogP contribution < -0.4 is 5.32 Å². The fraction of sp³-hybridized carbons (Fsp3) is 0.909. The highest BCUT2D eigenvalue weighted by Crippen LogP contribution is 2.13. The lowest BCUT2D eigenvalue weighted by Gasteiger charge is -2.13. The van der Waals surface area contributed by atoms with Crippen molar-refractivity contribution in [2.45, 2.75) is 45.6 Å². The molecule has 1 rings (SSSR count). The molecule has 14 heavy (non-hydrogen) atoms. The van der Waals surface area contributed by atoms with Crippen molar-refractivity contribution < 1.29 is 9.53 Å². The highest BCUT2D eigenvalue weighted by Gasteiger charge is 2.24. The van der Waals surface area contributed by atoms with Crippen molar-refractivity contribution in [3.05, 3.63) is 0 Å². The lowest BCUT2D eigenvalue weighted by Crippen LogP contribution is -2.33. The summed E-state index contributed by atoms with van der Waals surface area (Å²) in [5.41, 5.74) is 0. The average Bonchev–Trinajstić information content (AvgIpc) is 2.99. The first-order chi connectivity index (χ1) is 6.77. The summed E-state index contributed by atoms with van der Waals surface area (Å²) in [5, 5.41) is 2.94. The van der Waals surface area contributed by atoms with E-state index < -0.39 is 0 Å². The molecule has 1 saturated heterocycles. The topological polar surface area (TPSA) is 41.6 Å². The number of carbonyl (C=O) groups excluding carboxylic acids is 1. The van der Waals surface area contributed by atoms with Gasteiger partial charge < -0.3 is 10.1 Å². The molecule has 1 aliphatic rings. The maximum Gasteiger partial charge on any atom is 0.223 e. The molecule has 0 radical (unpaired) electrons. The van der Waals surface area contributed by atoms with Crippen LogP contribution in [0.4, 0.5) is 0 Å². The predicted octanol–water partition coefficient (Wildman–Crippen LogP) is 1.72. The highest BCUT2D eigenvalue weighted by molar-refractivity contribution is 5.78. The SMILES string of the molecule is CCCC[C@H](CC)C(=O)NC[C@H]1CO1. The van der Waals surface area contributed by atoms with Gasteiger partial charge in [-0.25, -0.2) is 0 Å². The highest BCUT2D eigenvalue weighted by atomic mass is 16.6. The third-order valence-electron chi connectivity index (χ3n) is 2.68. The van der Waals surface area contributed by atoms with Crippen molar-refractivity contribution in [1.29, 1.82) is 0 Å². The van der Waals surface area contributed by atoms with E-state index in [1.165, 1.54) is 0 Å². The maximum atomic E-state index is 11.6. The van der Waals surface area contributed by atoms with Gasteiger partial charge >= 0.3 is 0 Å². The molecule has 1 heterocycles.